The highest BCUT2D eigenvalue weighted by Crippen LogP contribution is 2.41. The molecule has 1 aliphatic carbocycles. The largest absolute Gasteiger partial charge is 0.341 e. The number of aryl methyl sites for hydroxylation is 1. The Bertz CT molecular complexity index is 905. The number of non-ortho nitro benzene ring substituents is 1. The van der Waals surface area contributed by atoms with Crippen LogP contribution in [-0.2, 0) is 4.79 Å². The Hall–Kier alpha value is -2.62. The van der Waals surface area contributed by atoms with Gasteiger partial charge in [0.2, 0.25) is 11.9 Å². The van der Waals surface area contributed by atoms with Crippen LogP contribution in [0.5, 0.6) is 0 Å². The van der Waals surface area contributed by atoms with Crippen molar-refractivity contribution in [2.24, 2.45) is 0 Å². The van der Waals surface area contributed by atoms with E-state index in [9.17, 15) is 14.9 Å². The van der Waals surface area contributed by atoms with Crippen LogP contribution in [0, 0.1) is 17.0 Å². The van der Waals surface area contributed by atoms with E-state index in [1.165, 1.54) is 36.7 Å². The summed E-state index contributed by atoms with van der Waals surface area (Å²) >= 11 is 1.36. The summed E-state index contributed by atoms with van der Waals surface area (Å²) in [5.74, 6) is 0.867. The predicted molar refractivity (Wildman–Crippen MR) is 107 cm³/mol. The third kappa shape index (κ3) is 3.96. The van der Waals surface area contributed by atoms with Crippen LogP contribution in [0.3, 0.4) is 0 Å². The first kappa shape index (κ1) is 18.7. The Labute approximate surface area is 166 Å². The number of nitrogens with zero attached hydrogens (tertiary/aromatic N) is 5. The summed E-state index contributed by atoms with van der Waals surface area (Å²) in [4.78, 5) is 25.2. The number of hydrogen-bond donors (Lipinski definition) is 1. The minimum Gasteiger partial charge on any atom is -0.341 e. The Balaban J connectivity index is 1.43. The van der Waals surface area contributed by atoms with Crippen LogP contribution >= 0.6 is 11.8 Å². The van der Waals surface area contributed by atoms with E-state index in [2.05, 4.69) is 25.0 Å². The molecule has 148 valence electrons. The van der Waals surface area contributed by atoms with Gasteiger partial charge in [0.1, 0.15) is 0 Å². The van der Waals surface area contributed by atoms with E-state index >= 15 is 0 Å². The van der Waals surface area contributed by atoms with Crippen molar-refractivity contribution in [1.29, 1.82) is 0 Å². The van der Waals surface area contributed by atoms with E-state index in [1.54, 1.807) is 13.0 Å². The average Bonchev–Trinajstić information content (AvgIpc) is 3.18. The fourth-order valence-corrected chi connectivity index (χ4v) is 4.13. The summed E-state index contributed by atoms with van der Waals surface area (Å²) in [6.07, 6.45) is 4.58. The molecule has 1 aromatic heterocycles. The van der Waals surface area contributed by atoms with Crippen molar-refractivity contribution in [3.8, 4) is 0 Å². The van der Waals surface area contributed by atoms with E-state index in [-0.39, 0.29) is 17.3 Å². The molecule has 28 heavy (non-hydrogen) atoms. The van der Waals surface area contributed by atoms with Gasteiger partial charge in [0.25, 0.3) is 5.69 Å². The number of nitro groups is 1. The Morgan fingerprint density at radius 3 is 2.75 bits per heavy atom. The minimum absolute atomic E-state index is 0.0442. The van der Waals surface area contributed by atoms with Gasteiger partial charge in [0, 0.05) is 31.3 Å². The van der Waals surface area contributed by atoms with Crippen molar-refractivity contribution in [3.05, 3.63) is 33.9 Å². The fraction of sp³-hybridized carbons (Fsp3) is 0.500. The van der Waals surface area contributed by atoms with Crippen LogP contribution in [0.15, 0.2) is 23.4 Å². The van der Waals surface area contributed by atoms with Gasteiger partial charge >= 0.3 is 0 Å². The number of hydrogen-bond acceptors (Lipinski definition) is 7. The lowest BCUT2D eigenvalue weighted by atomic mass is 10.2. The van der Waals surface area contributed by atoms with Crippen molar-refractivity contribution in [3.63, 3.8) is 0 Å². The molecule has 9 nitrogen and oxygen atoms in total. The van der Waals surface area contributed by atoms with Gasteiger partial charge in [-0.2, -0.15) is 0 Å². The molecule has 2 aliphatic rings. The normalized spacial score (nSPS) is 16.4. The van der Waals surface area contributed by atoms with E-state index < -0.39 is 4.92 Å². The van der Waals surface area contributed by atoms with Crippen molar-refractivity contribution >= 4 is 35.0 Å². The molecule has 0 unspecified atom stereocenters. The number of aromatic nitrogens is 3. The van der Waals surface area contributed by atoms with Crippen LogP contribution in [0.4, 0.5) is 17.3 Å². The first-order valence-corrected chi connectivity index (χ1v) is 10.4. The van der Waals surface area contributed by atoms with Crippen molar-refractivity contribution in [1.82, 2.24) is 14.8 Å². The van der Waals surface area contributed by atoms with E-state index in [4.69, 9.17) is 0 Å². The van der Waals surface area contributed by atoms with Crippen molar-refractivity contribution in [2.75, 3.05) is 29.1 Å². The van der Waals surface area contributed by atoms with E-state index in [1.807, 2.05) is 0 Å². The van der Waals surface area contributed by atoms with Crippen molar-refractivity contribution < 1.29 is 9.72 Å². The maximum atomic E-state index is 12.4. The first-order valence-electron chi connectivity index (χ1n) is 9.40. The number of benzene rings is 1. The second-order valence-corrected chi connectivity index (χ2v) is 8.11. The Morgan fingerprint density at radius 1 is 1.32 bits per heavy atom. The van der Waals surface area contributed by atoms with Gasteiger partial charge < -0.3 is 10.2 Å². The quantitative estimate of drug-likeness (QED) is 0.431. The van der Waals surface area contributed by atoms with Gasteiger partial charge in [-0.15, -0.1) is 10.2 Å². The molecule has 1 aromatic carbocycles. The first-order chi connectivity index (χ1) is 13.5. The van der Waals surface area contributed by atoms with Gasteiger partial charge in [-0.25, -0.2) is 0 Å². The van der Waals surface area contributed by atoms with Crippen LogP contribution in [-0.4, -0.2) is 44.4 Å². The molecule has 1 aliphatic heterocycles. The summed E-state index contributed by atoms with van der Waals surface area (Å²) in [5.41, 5.74) is 1.19. The van der Waals surface area contributed by atoms with E-state index in [0.717, 1.165) is 42.6 Å². The monoisotopic (exact) mass is 402 g/mol. The molecule has 1 saturated carbocycles. The molecule has 0 bridgehead atoms. The maximum Gasteiger partial charge on any atom is 0.271 e. The SMILES string of the molecule is Cc1ccc([N+](=O)[O-])cc1NC(=O)CSc1nnc(N2CCCC2)n1C1CC1. The summed E-state index contributed by atoms with van der Waals surface area (Å²) in [7, 11) is 0. The van der Waals surface area contributed by atoms with Gasteiger partial charge in [-0.3, -0.25) is 19.5 Å². The van der Waals surface area contributed by atoms with Crippen LogP contribution in [0.1, 0.15) is 37.3 Å². The number of nitrogens with one attached hydrogen (secondary N) is 1. The van der Waals surface area contributed by atoms with Gasteiger partial charge in [-0.1, -0.05) is 17.8 Å². The molecule has 0 radical (unpaired) electrons. The lowest BCUT2D eigenvalue weighted by Gasteiger charge is -2.17. The topological polar surface area (TPSA) is 106 Å². The lowest BCUT2D eigenvalue weighted by molar-refractivity contribution is -0.384. The van der Waals surface area contributed by atoms with Crippen molar-refractivity contribution in [2.45, 2.75) is 43.8 Å². The molecule has 2 heterocycles. The lowest BCUT2D eigenvalue weighted by Crippen LogP contribution is -2.22. The molecular weight excluding hydrogens is 380 g/mol. The molecule has 1 N–H and O–H groups in total. The molecule has 2 aromatic rings. The number of rotatable bonds is 7. The third-order valence-corrected chi connectivity index (χ3v) is 5.93. The van der Waals surface area contributed by atoms with Crippen LogP contribution in [0.25, 0.3) is 0 Å². The highest BCUT2D eigenvalue weighted by molar-refractivity contribution is 7.99. The Morgan fingerprint density at radius 2 is 2.07 bits per heavy atom. The molecule has 0 atom stereocenters. The highest BCUT2D eigenvalue weighted by Gasteiger charge is 2.32. The van der Waals surface area contributed by atoms with Crippen LogP contribution < -0.4 is 10.2 Å². The molecular formula is C18H22N6O3S. The Kier molecular flexibility index (Phi) is 5.21. The van der Waals surface area contributed by atoms with Gasteiger partial charge in [-0.05, 0) is 38.2 Å². The molecule has 0 spiro atoms. The molecule has 2 fully saturated rings. The summed E-state index contributed by atoms with van der Waals surface area (Å²) < 4.78 is 2.17. The zero-order valence-corrected chi connectivity index (χ0v) is 16.4. The van der Waals surface area contributed by atoms with E-state index in [0.29, 0.717) is 11.7 Å². The second-order valence-electron chi connectivity index (χ2n) is 7.17. The smallest absolute Gasteiger partial charge is 0.271 e. The number of carbonyl (C=O) groups is 1. The predicted octanol–water partition coefficient (Wildman–Crippen LogP) is 3.16. The molecule has 1 amide bonds. The maximum absolute atomic E-state index is 12.4. The number of anilines is 2. The van der Waals surface area contributed by atoms with Gasteiger partial charge in [0.05, 0.1) is 16.4 Å². The highest BCUT2D eigenvalue weighted by atomic mass is 32.2. The summed E-state index contributed by atoms with van der Waals surface area (Å²) in [5, 5.41) is 23.2. The number of amides is 1. The summed E-state index contributed by atoms with van der Waals surface area (Å²) in [6, 6.07) is 4.87. The fourth-order valence-electron chi connectivity index (χ4n) is 3.33. The molecule has 4 rings (SSSR count). The zero-order valence-electron chi connectivity index (χ0n) is 15.6. The zero-order chi connectivity index (χ0) is 19.7. The third-order valence-electron chi connectivity index (χ3n) is 4.99. The average molecular weight is 402 g/mol. The summed E-state index contributed by atoms with van der Waals surface area (Å²) in [6.45, 7) is 3.81. The number of thioether (sulfide) groups is 1. The number of carbonyl (C=O) groups excluding carboxylic acids is 1. The molecule has 10 heteroatoms. The number of nitro benzene ring substituents is 1. The molecule has 1 saturated heterocycles. The minimum atomic E-state index is -0.470. The van der Waals surface area contributed by atoms with Gasteiger partial charge in [0.15, 0.2) is 5.16 Å². The standard InChI is InChI=1S/C18H22N6O3S/c1-12-4-5-14(24(26)27)10-15(12)19-16(25)11-28-18-21-20-17(22-8-2-3-9-22)23(18)13-6-7-13/h4-5,10,13H,2-3,6-9,11H2,1H3,(H,19,25). The van der Waals surface area contributed by atoms with Crippen LogP contribution in [0.2, 0.25) is 0 Å². The second kappa shape index (κ2) is 7.78.